The van der Waals surface area contributed by atoms with Gasteiger partial charge in [-0.3, -0.25) is 0 Å². The number of aryl methyl sites for hydroxylation is 1. The number of ether oxygens (including phenoxy) is 1. The third-order valence-electron chi connectivity index (χ3n) is 3.39. The van der Waals surface area contributed by atoms with Crippen LogP contribution in [0.1, 0.15) is 36.0 Å². The minimum absolute atomic E-state index is 0.152. The van der Waals surface area contributed by atoms with Crippen molar-refractivity contribution < 1.29 is 13.2 Å². The SMILES string of the molecule is COc1ccc2c(c1CS(=O)(=O)Cl)CCCCC2. The summed E-state index contributed by atoms with van der Waals surface area (Å²) in [7, 11) is 3.39. The van der Waals surface area contributed by atoms with Gasteiger partial charge >= 0.3 is 0 Å². The van der Waals surface area contributed by atoms with Gasteiger partial charge in [-0.05, 0) is 42.9 Å². The second-order valence-corrected chi connectivity index (χ2v) is 7.40. The van der Waals surface area contributed by atoms with E-state index in [-0.39, 0.29) is 5.75 Å². The third-order valence-corrected chi connectivity index (χ3v) is 4.36. The summed E-state index contributed by atoms with van der Waals surface area (Å²) >= 11 is 0. The lowest BCUT2D eigenvalue weighted by Gasteiger charge is -2.15. The largest absolute Gasteiger partial charge is 0.496 e. The van der Waals surface area contributed by atoms with Crippen LogP contribution in [0.15, 0.2) is 12.1 Å². The molecule has 0 N–H and O–H groups in total. The molecule has 0 saturated carbocycles. The van der Waals surface area contributed by atoms with Crippen LogP contribution in [-0.2, 0) is 27.6 Å². The van der Waals surface area contributed by atoms with Crippen molar-refractivity contribution in [1.82, 2.24) is 0 Å². The molecule has 100 valence electrons. The Hall–Kier alpha value is -0.740. The van der Waals surface area contributed by atoms with E-state index >= 15 is 0 Å². The van der Waals surface area contributed by atoms with E-state index in [2.05, 4.69) is 0 Å². The highest BCUT2D eigenvalue weighted by Crippen LogP contribution is 2.32. The summed E-state index contributed by atoms with van der Waals surface area (Å²) in [5.74, 6) is 0.473. The van der Waals surface area contributed by atoms with Crippen molar-refractivity contribution in [2.75, 3.05) is 7.11 Å². The number of halogens is 1. The molecule has 0 fully saturated rings. The van der Waals surface area contributed by atoms with Crippen molar-refractivity contribution in [2.45, 2.75) is 37.9 Å². The van der Waals surface area contributed by atoms with E-state index in [4.69, 9.17) is 15.4 Å². The van der Waals surface area contributed by atoms with E-state index in [1.807, 2.05) is 12.1 Å². The van der Waals surface area contributed by atoms with Crippen LogP contribution in [0.3, 0.4) is 0 Å². The van der Waals surface area contributed by atoms with Crippen molar-refractivity contribution in [1.29, 1.82) is 0 Å². The molecular formula is C13H17ClO3S. The molecule has 0 aliphatic heterocycles. The Morgan fingerprint density at radius 1 is 1.22 bits per heavy atom. The lowest BCUT2D eigenvalue weighted by molar-refractivity contribution is 0.410. The smallest absolute Gasteiger partial charge is 0.236 e. The standard InChI is InChI=1S/C13H17ClO3S/c1-17-13-8-7-10-5-3-2-4-6-11(10)12(13)9-18(14,15)16/h7-8H,2-6,9H2,1H3. The number of methoxy groups -OCH3 is 1. The van der Waals surface area contributed by atoms with Crippen molar-refractivity contribution in [3.05, 3.63) is 28.8 Å². The molecule has 0 amide bonds. The second-order valence-electron chi connectivity index (χ2n) is 4.63. The average molecular weight is 289 g/mol. The van der Waals surface area contributed by atoms with Crippen molar-refractivity contribution in [2.24, 2.45) is 0 Å². The Morgan fingerprint density at radius 2 is 1.94 bits per heavy atom. The number of fused-ring (bicyclic) bond motifs is 1. The fourth-order valence-corrected chi connectivity index (χ4v) is 3.57. The third kappa shape index (κ3) is 3.18. The molecule has 18 heavy (non-hydrogen) atoms. The lowest BCUT2D eigenvalue weighted by atomic mass is 9.97. The average Bonchev–Trinajstić information content (AvgIpc) is 2.52. The van der Waals surface area contributed by atoms with Crippen LogP contribution in [0.5, 0.6) is 5.75 Å². The maximum Gasteiger partial charge on any atom is 0.236 e. The Morgan fingerprint density at radius 3 is 2.61 bits per heavy atom. The summed E-state index contributed by atoms with van der Waals surface area (Å²) in [5.41, 5.74) is 3.10. The van der Waals surface area contributed by atoms with Crippen LogP contribution >= 0.6 is 10.7 Å². The highest BCUT2D eigenvalue weighted by molar-refractivity contribution is 8.13. The molecule has 0 unspecified atom stereocenters. The molecule has 3 nitrogen and oxygen atoms in total. The Labute approximate surface area is 113 Å². The fourth-order valence-electron chi connectivity index (χ4n) is 2.58. The molecule has 0 heterocycles. The maximum absolute atomic E-state index is 11.4. The fraction of sp³-hybridized carbons (Fsp3) is 0.538. The van der Waals surface area contributed by atoms with Crippen LogP contribution in [-0.4, -0.2) is 15.5 Å². The first-order valence-electron chi connectivity index (χ1n) is 6.11. The molecule has 1 aliphatic carbocycles. The van der Waals surface area contributed by atoms with Gasteiger partial charge in [0, 0.05) is 16.2 Å². The van der Waals surface area contributed by atoms with Gasteiger partial charge in [-0.25, -0.2) is 8.42 Å². The van der Waals surface area contributed by atoms with Gasteiger partial charge in [0.15, 0.2) is 0 Å². The first-order valence-corrected chi connectivity index (χ1v) is 8.59. The zero-order chi connectivity index (χ0) is 13.2. The molecule has 1 aromatic carbocycles. The topological polar surface area (TPSA) is 43.4 Å². The molecule has 5 heteroatoms. The molecule has 1 aromatic rings. The number of hydrogen-bond donors (Lipinski definition) is 0. The van der Waals surface area contributed by atoms with Gasteiger partial charge in [0.1, 0.15) is 5.75 Å². The van der Waals surface area contributed by atoms with Crippen LogP contribution in [0.4, 0.5) is 0 Å². The minimum atomic E-state index is -3.56. The highest BCUT2D eigenvalue weighted by atomic mass is 35.7. The van der Waals surface area contributed by atoms with Gasteiger partial charge in [-0.15, -0.1) is 0 Å². The quantitative estimate of drug-likeness (QED) is 0.634. The van der Waals surface area contributed by atoms with Gasteiger partial charge in [-0.2, -0.15) is 0 Å². The molecule has 0 aromatic heterocycles. The zero-order valence-corrected chi connectivity index (χ0v) is 12.0. The number of hydrogen-bond acceptors (Lipinski definition) is 3. The van der Waals surface area contributed by atoms with Crippen molar-refractivity contribution >= 4 is 19.7 Å². The second kappa shape index (κ2) is 5.49. The summed E-state index contributed by atoms with van der Waals surface area (Å²) in [4.78, 5) is 0. The monoisotopic (exact) mass is 288 g/mol. The van der Waals surface area contributed by atoms with Gasteiger partial charge in [0.05, 0.1) is 12.9 Å². The van der Waals surface area contributed by atoms with E-state index < -0.39 is 9.05 Å². The summed E-state index contributed by atoms with van der Waals surface area (Å²) < 4.78 is 28.0. The maximum atomic E-state index is 11.4. The predicted molar refractivity (Wildman–Crippen MR) is 72.7 cm³/mol. The van der Waals surface area contributed by atoms with Crippen LogP contribution in [0.25, 0.3) is 0 Å². The Kier molecular flexibility index (Phi) is 4.17. The minimum Gasteiger partial charge on any atom is -0.496 e. The molecule has 0 radical (unpaired) electrons. The normalized spacial score (nSPS) is 15.9. The van der Waals surface area contributed by atoms with Gasteiger partial charge in [-0.1, -0.05) is 12.5 Å². The molecule has 0 atom stereocenters. The van der Waals surface area contributed by atoms with Crippen LogP contribution < -0.4 is 4.74 Å². The van der Waals surface area contributed by atoms with Crippen LogP contribution in [0, 0.1) is 0 Å². The van der Waals surface area contributed by atoms with Gasteiger partial charge in [0.2, 0.25) is 9.05 Å². The van der Waals surface area contributed by atoms with Crippen LogP contribution in [0.2, 0.25) is 0 Å². The molecular weight excluding hydrogens is 272 g/mol. The van der Waals surface area contributed by atoms with E-state index in [1.165, 1.54) is 12.0 Å². The van der Waals surface area contributed by atoms with E-state index in [9.17, 15) is 8.42 Å². The summed E-state index contributed by atoms with van der Waals surface area (Å²) in [6.45, 7) is 0. The van der Waals surface area contributed by atoms with Crippen molar-refractivity contribution in [3.63, 3.8) is 0 Å². The molecule has 2 rings (SSSR count). The summed E-state index contributed by atoms with van der Waals surface area (Å²) in [6, 6.07) is 3.89. The Balaban J connectivity index is 2.52. The predicted octanol–water partition coefficient (Wildman–Crippen LogP) is 3.03. The first-order chi connectivity index (χ1) is 8.51. The summed E-state index contributed by atoms with van der Waals surface area (Å²) in [5, 5.41) is 0. The van der Waals surface area contributed by atoms with Gasteiger partial charge < -0.3 is 4.74 Å². The molecule has 1 aliphatic rings. The number of rotatable bonds is 3. The van der Waals surface area contributed by atoms with E-state index in [0.29, 0.717) is 5.75 Å². The highest BCUT2D eigenvalue weighted by Gasteiger charge is 2.20. The Bertz CT molecular complexity index is 537. The number of benzene rings is 1. The zero-order valence-electron chi connectivity index (χ0n) is 10.4. The molecule has 0 bridgehead atoms. The van der Waals surface area contributed by atoms with E-state index in [0.717, 1.165) is 36.8 Å². The summed E-state index contributed by atoms with van der Waals surface area (Å²) in [6.07, 6.45) is 5.36. The first kappa shape index (κ1) is 13.7. The molecule has 0 spiro atoms. The van der Waals surface area contributed by atoms with E-state index in [1.54, 1.807) is 7.11 Å². The lowest BCUT2D eigenvalue weighted by Crippen LogP contribution is -2.05. The van der Waals surface area contributed by atoms with Gasteiger partial charge in [0.25, 0.3) is 0 Å². The van der Waals surface area contributed by atoms with Crippen molar-refractivity contribution in [3.8, 4) is 5.75 Å². The molecule has 0 saturated heterocycles.